The molecule has 0 amide bonds. The molecule has 0 spiro atoms. The first-order valence-electron chi connectivity index (χ1n) is 6.56. The smallest absolute Gasteiger partial charge is 0.0969 e. The summed E-state index contributed by atoms with van der Waals surface area (Å²) in [6, 6.07) is 11.8. The molecule has 0 saturated carbocycles. The van der Waals surface area contributed by atoms with Crippen molar-refractivity contribution in [2.45, 2.75) is 13.1 Å². The SMILES string of the molecule is c1ccc(-n2ncc(CNCCn3cccn3)n2)cc1. The van der Waals surface area contributed by atoms with Gasteiger partial charge in [-0.25, -0.2) is 0 Å². The molecule has 0 fully saturated rings. The number of nitrogens with one attached hydrogen (secondary N) is 1. The molecule has 6 nitrogen and oxygen atoms in total. The van der Waals surface area contributed by atoms with Crippen LogP contribution in [0, 0.1) is 0 Å². The number of nitrogens with zero attached hydrogens (tertiary/aromatic N) is 5. The maximum Gasteiger partial charge on any atom is 0.0969 e. The van der Waals surface area contributed by atoms with Crippen molar-refractivity contribution in [1.82, 2.24) is 30.1 Å². The average Bonchev–Trinajstić information content (AvgIpc) is 3.16. The lowest BCUT2D eigenvalue weighted by Gasteiger charge is -2.02. The van der Waals surface area contributed by atoms with Gasteiger partial charge in [-0.2, -0.15) is 20.1 Å². The molecule has 0 aliphatic rings. The Balaban J connectivity index is 1.50. The minimum Gasteiger partial charge on any atom is -0.309 e. The Morgan fingerprint density at radius 1 is 1.05 bits per heavy atom. The number of benzene rings is 1. The van der Waals surface area contributed by atoms with Crippen LogP contribution in [-0.4, -0.2) is 31.3 Å². The highest BCUT2D eigenvalue weighted by atomic mass is 15.5. The normalized spacial score (nSPS) is 10.8. The summed E-state index contributed by atoms with van der Waals surface area (Å²) in [6.45, 7) is 2.40. The van der Waals surface area contributed by atoms with E-state index >= 15 is 0 Å². The third kappa shape index (κ3) is 3.10. The lowest BCUT2D eigenvalue weighted by Crippen LogP contribution is -2.20. The second kappa shape index (κ2) is 6.12. The minimum absolute atomic E-state index is 0.702. The highest BCUT2D eigenvalue weighted by molar-refractivity contribution is 5.28. The quantitative estimate of drug-likeness (QED) is 0.684. The zero-order valence-corrected chi connectivity index (χ0v) is 11.1. The van der Waals surface area contributed by atoms with Gasteiger partial charge < -0.3 is 5.32 Å². The summed E-state index contributed by atoms with van der Waals surface area (Å²) >= 11 is 0. The Bertz CT molecular complexity index is 629. The van der Waals surface area contributed by atoms with Gasteiger partial charge in [0.1, 0.15) is 0 Å². The Labute approximate surface area is 117 Å². The van der Waals surface area contributed by atoms with Gasteiger partial charge in [0.05, 0.1) is 24.1 Å². The summed E-state index contributed by atoms with van der Waals surface area (Å²) < 4.78 is 1.90. The predicted octanol–water partition coefficient (Wildman–Crippen LogP) is 1.25. The summed E-state index contributed by atoms with van der Waals surface area (Å²) in [7, 11) is 0. The zero-order valence-electron chi connectivity index (χ0n) is 11.1. The average molecular weight is 268 g/mol. The number of hydrogen-bond acceptors (Lipinski definition) is 4. The van der Waals surface area contributed by atoms with E-state index in [1.54, 1.807) is 17.2 Å². The second-order valence-electron chi connectivity index (χ2n) is 4.41. The summed E-state index contributed by atoms with van der Waals surface area (Å²) in [5, 5.41) is 16.2. The Morgan fingerprint density at radius 2 is 1.95 bits per heavy atom. The molecule has 0 unspecified atom stereocenters. The molecule has 2 heterocycles. The molecule has 102 valence electrons. The van der Waals surface area contributed by atoms with Gasteiger partial charge in [0.25, 0.3) is 0 Å². The molecule has 1 aromatic carbocycles. The van der Waals surface area contributed by atoms with Crippen molar-refractivity contribution >= 4 is 0 Å². The molecule has 2 aromatic heterocycles. The van der Waals surface area contributed by atoms with Crippen LogP contribution in [0.4, 0.5) is 0 Å². The van der Waals surface area contributed by atoms with Crippen molar-refractivity contribution in [3.8, 4) is 5.69 Å². The fraction of sp³-hybridized carbons (Fsp3) is 0.214. The lowest BCUT2D eigenvalue weighted by molar-refractivity contribution is 0.550. The summed E-state index contributed by atoms with van der Waals surface area (Å²) in [4.78, 5) is 1.64. The van der Waals surface area contributed by atoms with Crippen molar-refractivity contribution in [2.75, 3.05) is 6.54 Å². The molecule has 0 saturated heterocycles. The monoisotopic (exact) mass is 268 g/mol. The van der Waals surface area contributed by atoms with Crippen molar-refractivity contribution in [2.24, 2.45) is 0 Å². The minimum atomic E-state index is 0.702. The molecule has 3 aromatic rings. The first kappa shape index (κ1) is 12.6. The fourth-order valence-electron chi connectivity index (χ4n) is 1.90. The molecule has 0 atom stereocenters. The first-order valence-corrected chi connectivity index (χ1v) is 6.56. The molecular weight excluding hydrogens is 252 g/mol. The maximum atomic E-state index is 4.44. The van der Waals surface area contributed by atoms with Gasteiger partial charge in [-0.15, -0.1) is 0 Å². The molecule has 0 aliphatic carbocycles. The van der Waals surface area contributed by atoms with Gasteiger partial charge in [0.2, 0.25) is 0 Å². The molecule has 3 rings (SSSR count). The van der Waals surface area contributed by atoms with Crippen LogP contribution < -0.4 is 5.32 Å². The molecule has 20 heavy (non-hydrogen) atoms. The van der Waals surface area contributed by atoms with Crippen LogP contribution >= 0.6 is 0 Å². The van der Waals surface area contributed by atoms with Gasteiger partial charge >= 0.3 is 0 Å². The third-order valence-electron chi connectivity index (χ3n) is 2.91. The Kier molecular flexibility index (Phi) is 3.84. The van der Waals surface area contributed by atoms with Crippen LogP contribution in [0.5, 0.6) is 0 Å². The zero-order chi connectivity index (χ0) is 13.6. The van der Waals surface area contributed by atoms with Crippen LogP contribution in [-0.2, 0) is 13.1 Å². The van der Waals surface area contributed by atoms with E-state index < -0.39 is 0 Å². The van der Waals surface area contributed by atoms with E-state index in [1.165, 1.54) is 0 Å². The number of rotatable bonds is 6. The predicted molar refractivity (Wildman–Crippen MR) is 75.3 cm³/mol. The van der Waals surface area contributed by atoms with Crippen LogP contribution in [0.1, 0.15) is 5.69 Å². The first-order chi connectivity index (χ1) is 9.92. The largest absolute Gasteiger partial charge is 0.309 e. The van der Waals surface area contributed by atoms with Crippen molar-refractivity contribution in [3.05, 3.63) is 60.7 Å². The molecular formula is C14H16N6. The number of hydrogen-bond donors (Lipinski definition) is 1. The third-order valence-corrected chi connectivity index (χ3v) is 2.91. The highest BCUT2D eigenvalue weighted by Crippen LogP contribution is 2.03. The van der Waals surface area contributed by atoms with Gasteiger partial charge in [0, 0.05) is 25.5 Å². The van der Waals surface area contributed by atoms with Crippen molar-refractivity contribution in [3.63, 3.8) is 0 Å². The van der Waals surface area contributed by atoms with E-state index in [2.05, 4.69) is 20.6 Å². The van der Waals surface area contributed by atoms with Crippen molar-refractivity contribution < 1.29 is 0 Å². The summed E-state index contributed by atoms with van der Waals surface area (Å²) in [5.41, 5.74) is 1.89. The maximum absolute atomic E-state index is 4.44. The van der Waals surface area contributed by atoms with Gasteiger partial charge in [0.15, 0.2) is 0 Å². The second-order valence-corrected chi connectivity index (χ2v) is 4.41. The van der Waals surface area contributed by atoms with Crippen LogP contribution in [0.2, 0.25) is 0 Å². The van der Waals surface area contributed by atoms with Crippen LogP contribution in [0.25, 0.3) is 5.69 Å². The topological polar surface area (TPSA) is 60.6 Å². The molecule has 0 bridgehead atoms. The van der Waals surface area contributed by atoms with Gasteiger partial charge in [-0.3, -0.25) is 4.68 Å². The standard InChI is InChI=1S/C14H16N6/c1-2-5-14(6-3-1)20-17-12-13(18-20)11-15-8-10-19-9-4-7-16-19/h1-7,9,12,15H,8,10-11H2. The van der Waals surface area contributed by atoms with E-state index in [0.29, 0.717) is 6.54 Å². The van der Waals surface area contributed by atoms with E-state index in [-0.39, 0.29) is 0 Å². The lowest BCUT2D eigenvalue weighted by atomic mass is 10.3. The van der Waals surface area contributed by atoms with Gasteiger partial charge in [-0.1, -0.05) is 18.2 Å². The summed E-state index contributed by atoms with van der Waals surface area (Å²) in [6.07, 6.45) is 5.52. The number of aromatic nitrogens is 5. The Hall–Kier alpha value is -2.47. The molecule has 0 aliphatic heterocycles. The molecule has 6 heteroatoms. The van der Waals surface area contributed by atoms with Crippen LogP contribution in [0.15, 0.2) is 55.0 Å². The van der Waals surface area contributed by atoms with Crippen molar-refractivity contribution in [1.29, 1.82) is 0 Å². The highest BCUT2D eigenvalue weighted by Gasteiger charge is 2.01. The molecule has 0 radical (unpaired) electrons. The van der Waals surface area contributed by atoms with E-state index in [4.69, 9.17) is 0 Å². The van der Waals surface area contributed by atoms with E-state index in [0.717, 1.165) is 24.5 Å². The number of para-hydroxylation sites is 1. The molecule has 1 N–H and O–H groups in total. The fourth-order valence-corrected chi connectivity index (χ4v) is 1.90. The summed E-state index contributed by atoms with van der Waals surface area (Å²) in [5.74, 6) is 0. The van der Waals surface area contributed by atoms with E-state index in [9.17, 15) is 0 Å². The van der Waals surface area contributed by atoms with Crippen LogP contribution in [0.3, 0.4) is 0 Å². The Morgan fingerprint density at radius 3 is 2.75 bits per heavy atom. The van der Waals surface area contributed by atoms with E-state index in [1.807, 2.05) is 47.3 Å². The van der Waals surface area contributed by atoms with Gasteiger partial charge in [-0.05, 0) is 18.2 Å².